The molecule has 2 aliphatic rings. The first-order valence-electron chi connectivity index (χ1n) is 9.95. The minimum absolute atomic E-state index is 0.0182. The number of allylic oxidation sites excluding steroid dienone is 2. The van der Waals surface area contributed by atoms with Crippen LogP contribution in [0.1, 0.15) is 34.1 Å². The number of urea groups is 1. The van der Waals surface area contributed by atoms with E-state index in [-0.39, 0.29) is 23.3 Å². The third-order valence-electron chi connectivity index (χ3n) is 5.86. The molecule has 3 amide bonds. The van der Waals surface area contributed by atoms with Crippen molar-refractivity contribution in [3.63, 3.8) is 0 Å². The van der Waals surface area contributed by atoms with Crippen LogP contribution in [0.2, 0.25) is 5.02 Å². The molecule has 1 saturated carbocycles. The molecule has 5 nitrogen and oxygen atoms in total. The Kier molecular flexibility index (Phi) is 6.04. The largest absolute Gasteiger partial charge is 0.341 e. The Morgan fingerprint density at radius 2 is 1.82 bits per heavy atom. The Morgan fingerprint density at radius 1 is 1.14 bits per heavy atom. The Hall–Kier alpha value is -2.01. The summed E-state index contributed by atoms with van der Waals surface area (Å²) in [6.07, 6.45) is 3.01. The van der Waals surface area contributed by atoms with E-state index < -0.39 is 0 Å². The number of anilines is 1. The minimum Gasteiger partial charge on any atom is -0.341 e. The first-order valence-corrected chi connectivity index (χ1v) is 10.3. The Balaban J connectivity index is 1.58. The highest BCUT2D eigenvalue weighted by Gasteiger charge is 2.61. The molecule has 2 atom stereocenters. The van der Waals surface area contributed by atoms with Gasteiger partial charge in [-0.05, 0) is 49.8 Å². The summed E-state index contributed by atoms with van der Waals surface area (Å²) in [6, 6.07) is 6.97. The highest BCUT2D eigenvalue weighted by atomic mass is 35.5. The van der Waals surface area contributed by atoms with Crippen molar-refractivity contribution in [2.24, 2.45) is 17.3 Å². The van der Waals surface area contributed by atoms with Crippen LogP contribution in [0.5, 0.6) is 0 Å². The van der Waals surface area contributed by atoms with E-state index in [0.29, 0.717) is 42.8 Å². The second-order valence-electron chi connectivity index (χ2n) is 8.68. The molecule has 152 valence electrons. The molecule has 0 radical (unpaired) electrons. The SMILES string of the molecule is CC(C)=C[C@@H]1[C@H](C(=O)N2CCCN(C(=O)Nc3cccc(Cl)c3)CC2)C1(C)C. The number of nitrogens with one attached hydrogen (secondary N) is 1. The Morgan fingerprint density at radius 3 is 2.50 bits per heavy atom. The fourth-order valence-corrected chi connectivity index (χ4v) is 4.32. The predicted octanol–water partition coefficient (Wildman–Crippen LogP) is 4.64. The van der Waals surface area contributed by atoms with Gasteiger partial charge in [-0.1, -0.05) is 43.2 Å². The summed E-state index contributed by atoms with van der Waals surface area (Å²) in [7, 11) is 0. The molecule has 0 unspecified atom stereocenters. The fraction of sp³-hybridized carbons (Fsp3) is 0.545. The Bertz CT molecular complexity index is 786. The van der Waals surface area contributed by atoms with Crippen molar-refractivity contribution in [2.45, 2.75) is 34.1 Å². The van der Waals surface area contributed by atoms with Gasteiger partial charge in [-0.2, -0.15) is 0 Å². The maximum atomic E-state index is 13.1. The zero-order valence-corrected chi connectivity index (χ0v) is 17.9. The van der Waals surface area contributed by atoms with E-state index in [1.54, 1.807) is 23.1 Å². The fourth-order valence-electron chi connectivity index (χ4n) is 4.13. The number of rotatable bonds is 3. The highest BCUT2D eigenvalue weighted by Crippen LogP contribution is 2.60. The number of carbonyl (C=O) groups excluding carboxylic acids is 2. The van der Waals surface area contributed by atoms with Gasteiger partial charge < -0.3 is 15.1 Å². The molecule has 1 aromatic carbocycles. The third kappa shape index (κ3) is 4.52. The van der Waals surface area contributed by atoms with Gasteiger partial charge in [0.15, 0.2) is 0 Å². The maximum absolute atomic E-state index is 13.1. The van der Waals surface area contributed by atoms with Crippen LogP contribution in [0.3, 0.4) is 0 Å². The summed E-state index contributed by atoms with van der Waals surface area (Å²) in [4.78, 5) is 29.4. The van der Waals surface area contributed by atoms with E-state index >= 15 is 0 Å². The average Bonchev–Trinajstić information content (AvgIpc) is 3.23. The lowest BCUT2D eigenvalue weighted by Gasteiger charge is -2.23. The summed E-state index contributed by atoms with van der Waals surface area (Å²) in [5.41, 5.74) is 1.96. The van der Waals surface area contributed by atoms with Gasteiger partial charge in [0.1, 0.15) is 0 Å². The van der Waals surface area contributed by atoms with Crippen molar-refractivity contribution >= 4 is 29.2 Å². The van der Waals surface area contributed by atoms with Crippen LogP contribution in [-0.2, 0) is 4.79 Å². The molecule has 1 aliphatic carbocycles. The van der Waals surface area contributed by atoms with Crippen LogP contribution in [0.15, 0.2) is 35.9 Å². The van der Waals surface area contributed by atoms with Crippen molar-refractivity contribution in [3.05, 3.63) is 40.9 Å². The topological polar surface area (TPSA) is 52.7 Å². The van der Waals surface area contributed by atoms with Crippen molar-refractivity contribution in [3.8, 4) is 0 Å². The molecule has 0 aromatic heterocycles. The summed E-state index contributed by atoms with van der Waals surface area (Å²) >= 11 is 5.98. The van der Waals surface area contributed by atoms with E-state index in [2.05, 4.69) is 39.1 Å². The predicted molar refractivity (Wildman–Crippen MR) is 113 cm³/mol. The second kappa shape index (κ2) is 8.16. The molecule has 28 heavy (non-hydrogen) atoms. The monoisotopic (exact) mass is 403 g/mol. The van der Waals surface area contributed by atoms with Gasteiger partial charge in [0.2, 0.25) is 5.91 Å². The molecule has 1 aliphatic heterocycles. The zero-order chi connectivity index (χ0) is 20.5. The molecule has 1 aromatic rings. The van der Waals surface area contributed by atoms with Gasteiger partial charge >= 0.3 is 6.03 Å². The first kappa shape index (κ1) is 20.7. The number of carbonyl (C=O) groups is 2. The van der Waals surface area contributed by atoms with E-state index in [0.717, 1.165) is 6.42 Å². The molecular formula is C22H30ClN3O2. The molecule has 3 rings (SSSR count). The van der Waals surface area contributed by atoms with Gasteiger partial charge in [0, 0.05) is 36.9 Å². The number of hydrogen-bond donors (Lipinski definition) is 1. The van der Waals surface area contributed by atoms with Crippen LogP contribution >= 0.6 is 11.6 Å². The summed E-state index contributed by atoms with van der Waals surface area (Å²) in [5, 5.41) is 3.48. The van der Waals surface area contributed by atoms with Crippen LogP contribution < -0.4 is 5.32 Å². The molecule has 1 heterocycles. The van der Waals surface area contributed by atoms with Crippen molar-refractivity contribution in [1.82, 2.24) is 9.80 Å². The lowest BCUT2D eigenvalue weighted by molar-refractivity contribution is -0.133. The number of benzene rings is 1. The number of nitrogens with zero attached hydrogens (tertiary/aromatic N) is 2. The molecule has 1 saturated heterocycles. The zero-order valence-electron chi connectivity index (χ0n) is 17.2. The van der Waals surface area contributed by atoms with Crippen molar-refractivity contribution in [1.29, 1.82) is 0 Å². The van der Waals surface area contributed by atoms with Gasteiger partial charge in [-0.3, -0.25) is 4.79 Å². The van der Waals surface area contributed by atoms with E-state index in [4.69, 9.17) is 11.6 Å². The molecular weight excluding hydrogens is 374 g/mol. The smallest absolute Gasteiger partial charge is 0.321 e. The van der Waals surface area contributed by atoms with Crippen LogP contribution in [0.4, 0.5) is 10.5 Å². The van der Waals surface area contributed by atoms with Crippen LogP contribution in [0, 0.1) is 17.3 Å². The number of halogens is 1. The van der Waals surface area contributed by atoms with Gasteiger partial charge in [-0.25, -0.2) is 4.79 Å². The molecule has 6 heteroatoms. The lowest BCUT2D eigenvalue weighted by atomic mass is 10.1. The normalized spacial score (nSPS) is 23.6. The van der Waals surface area contributed by atoms with Gasteiger partial charge in [0.25, 0.3) is 0 Å². The van der Waals surface area contributed by atoms with E-state index in [1.807, 2.05) is 11.0 Å². The Labute approximate surface area is 172 Å². The summed E-state index contributed by atoms with van der Waals surface area (Å²) < 4.78 is 0. The lowest BCUT2D eigenvalue weighted by Crippen LogP contribution is -2.40. The van der Waals surface area contributed by atoms with E-state index in [9.17, 15) is 9.59 Å². The average molecular weight is 404 g/mol. The minimum atomic E-state index is -0.147. The van der Waals surface area contributed by atoms with Crippen LogP contribution in [0.25, 0.3) is 0 Å². The molecule has 0 spiro atoms. The number of hydrogen-bond acceptors (Lipinski definition) is 2. The van der Waals surface area contributed by atoms with Crippen LogP contribution in [-0.4, -0.2) is 47.9 Å². The third-order valence-corrected chi connectivity index (χ3v) is 6.10. The first-order chi connectivity index (χ1) is 13.2. The van der Waals surface area contributed by atoms with Crippen molar-refractivity contribution in [2.75, 3.05) is 31.5 Å². The standard InChI is InChI=1S/C22H30ClN3O2/c1-15(2)13-18-19(22(18,3)4)20(27)25-9-6-10-26(12-11-25)21(28)24-17-8-5-7-16(23)14-17/h5,7-8,13-14,18-19H,6,9-12H2,1-4H3,(H,24,28)/t18-,19-/m1/s1. The molecule has 0 bridgehead atoms. The molecule has 1 N–H and O–H groups in total. The maximum Gasteiger partial charge on any atom is 0.321 e. The quantitative estimate of drug-likeness (QED) is 0.747. The second-order valence-corrected chi connectivity index (χ2v) is 9.11. The van der Waals surface area contributed by atoms with Gasteiger partial charge in [0.05, 0.1) is 5.92 Å². The van der Waals surface area contributed by atoms with E-state index in [1.165, 1.54) is 5.57 Å². The van der Waals surface area contributed by atoms with Crippen molar-refractivity contribution < 1.29 is 9.59 Å². The summed E-state index contributed by atoms with van der Waals surface area (Å²) in [6.45, 7) is 11.0. The summed E-state index contributed by atoms with van der Waals surface area (Å²) in [5.74, 6) is 0.592. The van der Waals surface area contributed by atoms with Gasteiger partial charge in [-0.15, -0.1) is 0 Å². The number of amides is 3. The highest BCUT2D eigenvalue weighted by molar-refractivity contribution is 6.30. The molecule has 2 fully saturated rings.